The summed E-state index contributed by atoms with van der Waals surface area (Å²) in [6.07, 6.45) is 2.64. The number of hydrogen-bond acceptors (Lipinski definition) is 9. The molecular formula is C24H24F2N4O5S. The third kappa shape index (κ3) is 3.89. The van der Waals surface area contributed by atoms with Gasteiger partial charge in [0.05, 0.1) is 25.9 Å². The largest absolute Gasteiger partial charge is 0.480 e. The summed E-state index contributed by atoms with van der Waals surface area (Å²) in [5.41, 5.74) is -0.463. The van der Waals surface area contributed by atoms with Crippen molar-refractivity contribution in [3.63, 3.8) is 0 Å². The lowest BCUT2D eigenvalue weighted by Gasteiger charge is -2.42. The van der Waals surface area contributed by atoms with Crippen molar-refractivity contribution >= 4 is 29.1 Å². The number of hydrogen-bond donors (Lipinski definition) is 2. The lowest BCUT2D eigenvalue weighted by atomic mass is 9.91. The molecule has 3 unspecified atom stereocenters. The molecule has 0 aliphatic carbocycles. The third-order valence-electron chi connectivity index (χ3n) is 7.10. The molecule has 3 aliphatic rings. The maximum Gasteiger partial charge on any atom is 0.338 e. The number of nitrogens with zero attached hydrogens (tertiary/aromatic N) is 3. The molecule has 9 nitrogen and oxygen atoms in total. The Morgan fingerprint density at radius 2 is 2.19 bits per heavy atom. The average Bonchev–Trinajstić information content (AvgIpc) is 3.46. The molecule has 1 aromatic heterocycles. The van der Waals surface area contributed by atoms with Crippen LogP contribution in [-0.4, -0.2) is 71.2 Å². The number of benzene rings is 1. The molecule has 2 N–H and O–H groups in total. The van der Waals surface area contributed by atoms with Crippen LogP contribution < -0.4 is 5.32 Å². The van der Waals surface area contributed by atoms with Gasteiger partial charge in [0, 0.05) is 29.9 Å². The van der Waals surface area contributed by atoms with Gasteiger partial charge in [-0.15, -0.1) is 11.3 Å². The number of fused-ring (bicyclic) bond motifs is 2. The van der Waals surface area contributed by atoms with Crippen LogP contribution in [0.4, 0.5) is 8.78 Å². The van der Waals surface area contributed by atoms with E-state index in [1.165, 1.54) is 31.4 Å². The molecule has 2 bridgehead atoms. The molecule has 0 saturated carbocycles. The van der Waals surface area contributed by atoms with E-state index in [0.29, 0.717) is 41.6 Å². The fourth-order valence-corrected chi connectivity index (χ4v) is 5.78. The number of nitrogens with one attached hydrogen (secondary N) is 1. The van der Waals surface area contributed by atoms with E-state index in [2.05, 4.69) is 15.3 Å². The molecule has 4 heterocycles. The monoisotopic (exact) mass is 518 g/mol. The summed E-state index contributed by atoms with van der Waals surface area (Å²) in [4.78, 5) is 36.3. The van der Waals surface area contributed by atoms with Crippen molar-refractivity contribution in [3.8, 4) is 0 Å². The predicted octanol–water partition coefficient (Wildman–Crippen LogP) is 2.57. The van der Waals surface area contributed by atoms with E-state index in [9.17, 15) is 23.5 Å². The molecule has 2 saturated heterocycles. The normalized spacial score (nSPS) is 25.9. The minimum atomic E-state index is -1.23. The number of carbonyl (C=O) groups excluding carboxylic acids is 1. The van der Waals surface area contributed by atoms with Crippen LogP contribution in [0.5, 0.6) is 0 Å². The maximum absolute atomic E-state index is 14.6. The van der Waals surface area contributed by atoms with Crippen LogP contribution in [0.25, 0.3) is 0 Å². The second-order valence-electron chi connectivity index (χ2n) is 8.97. The number of methoxy groups -OCH3 is 1. The number of carbonyl (C=O) groups is 2. The lowest BCUT2D eigenvalue weighted by molar-refractivity contribution is -0.161. The van der Waals surface area contributed by atoms with Crippen molar-refractivity contribution in [2.75, 3.05) is 26.9 Å². The van der Waals surface area contributed by atoms with E-state index in [4.69, 9.17) is 9.47 Å². The molecule has 5 rings (SSSR count). The Labute approximate surface area is 209 Å². The van der Waals surface area contributed by atoms with Gasteiger partial charge in [-0.05, 0) is 37.0 Å². The van der Waals surface area contributed by atoms with E-state index in [-0.39, 0.29) is 30.3 Å². The zero-order valence-corrected chi connectivity index (χ0v) is 20.4. The van der Waals surface area contributed by atoms with Crippen LogP contribution in [0.3, 0.4) is 0 Å². The first-order chi connectivity index (χ1) is 17.3. The van der Waals surface area contributed by atoms with Gasteiger partial charge in [0.15, 0.2) is 22.5 Å². The van der Waals surface area contributed by atoms with Crippen LogP contribution in [-0.2, 0) is 19.1 Å². The summed E-state index contributed by atoms with van der Waals surface area (Å²) in [6.45, 7) is 1.88. The highest BCUT2D eigenvalue weighted by atomic mass is 32.1. The summed E-state index contributed by atoms with van der Waals surface area (Å²) in [6, 6.07) is 1.20. The topological polar surface area (TPSA) is 113 Å². The second-order valence-corrected chi connectivity index (χ2v) is 9.87. The first kappa shape index (κ1) is 24.5. The molecule has 2 fully saturated rings. The first-order valence-corrected chi connectivity index (χ1v) is 12.2. The van der Waals surface area contributed by atoms with E-state index < -0.39 is 35.2 Å². The van der Waals surface area contributed by atoms with Gasteiger partial charge in [0.25, 0.3) is 0 Å². The van der Waals surface area contributed by atoms with Crippen LogP contribution in [0, 0.1) is 18.6 Å². The fourth-order valence-electron chi connectivity index (χ4n) is 5.20. The molecule has 0 amide bonds. The van der Waals surface area contributed by atoms with Crippen molar-refractivity contribution in [2.24, 2.45) is 4.99 Å². The number of aliphatic imine (C=N–C) groups is 1. The van der Waals surface area contributed by atoms with Crippen molar-refractivity contribution in [3.05, 3.63) is 62.7 Å². The molecule has 0 spiro atoms. The van der Waals surface area contributed by atoms with Gasteiger partial charge in [0.1, 0.15) is 11.6 Å². The molecule has 0 radical (unpaired) electrons. The summed E-state index contributed by atoms with van der Waals surface area (Å²) in [5.74, 6) is -3.40. The molecule has 2 aromatic rings. The smallest absolute Gasteiger partial charge is 0.338 e. The molecule has 3 aliphatic heterocycles. The zero-order chi connectivity index (χ0) is 25.6. The van der Waals surface area contributed by atoms with Crippen molar-refractivity contribution in [1.82, 2.24) is 15.2 Å². The number of halogens is 2. The molecule has 1 aromatic carbocycles. The Balaban J connectivity index is 1.66. The van der Waals surface area contributed by atoms with Crippen LogP contribution in [0.15, 0.2) is 40.0 Å². The minimum absolute atomic E-state index is 0.0124. The Kier molecular flexibility index (Phi) is 6.35. The molecule has 12 heteroatoms. The number of rotatable bonds is 6. The van der Waals surface area contributed by atoms with Crippen LogP contribution in [0.1, 0.15) is 35.0 Å². The van der Waals surface area contributed by atoms with Crippen molar-refractivity contribution in [2.45, 2.75) is 37.4 Å². The lowest BCUT2D eigenvalue weighted by Crippen LogP contribution is -2.61. The maximum atomic E-state index is 14.6. The Morgan fingerprint density at radius 3 is 2.89 bits per heavy atom. The average molecular weight is 519 g/mol. The number of carboxylic acids is 1. The highest BCUT2D eigenvalue weighted by Gasteiger charge is 2.55. The zero-order valence-electron chi connectivity index (χ0n) is 19.6. The predicted molar refractivity (Wildman–Crippen MR) is 126 cm³/mol. The van der Waals surface area contributed by atoms with Gasteiger partial charge in [-0.25, -0.2) is 18.6 Å². The number of amidine groups is 1. The molecular weight excluding hydrogens is 494 g/mol. The number of thiazole rings is 1. The minimum Gasteiger partial charge on any atom is -0.480 e. The standard InChI is InChI=1S/C24H24F2N4O5S/c1-12-14(3-4-15(25)18(12)26)19-17(22(31)34-2)16(28-20(29-19)21-27-7-8-36-21)9-30-13-5-6-24(30,23(32)33)11-35-10-13/h3-4,7-8,13,19H,5-6,9-11H2,1-2H3,(H,28,29)(H,32,33). The molecule has 190 valence electrons. The van der Waals surface area contributed by atoms with Gasteiger partial charge in [-0.2, -0.15) is 0 Å². The van der Waals surface area contributed by atoms with E-state index in [0.717, 1.165) is 6.07 Å². The van der Waals surface area contributed by atoms with Crippen molar-refractivity contribution < 1.29 is 33.0 Å². The number of carboxylic acid groups (broad SMARTS) is 1. The Morgan fingerprint density at radius 1 is 1.39 bits per heavy atom. The van der Waals surface area contributed by atoms with Crippen LogP contribution in [0.2, 0.25) is 0 Å². The SMILES string of the molecule is COC(=O)C1=C(CN2C3CCC2(C(=O)O)COC3)NC(c2nccs2)=NC1c1ccc(F)c(F)c1C. The highest BCUT2D eigenvalue weighted by molar-refractivity contribution is 7.11. The van der Waals surface area contributed by atoms with Crippen LogP contribution >= 0.6 is 11.3 Å². The summed E-state index contributed by atoms with van der Waals surface area (Å²) < 4.78 is 39.2. The second kappa shape index (κ2) is 9.34. The van der Waals surface area contributed by atoms with E-state index in [1.54, 1.807) is 11.6 Å². The summed E-state index contributed by atoms with van der Waals surface area (Å²) >= 11 is 1.31. The third-order valence-corrected chi connectivity index (χ3v) is 7.88. The Bertz CT molecular complexity index is 1280. The van der Waals surface area contributed by atoms with E-state index >= 15 is 0 Å². The van der Waals surface area contributed by atoms with Gasteiger partial charge in [0.2, 0.25) is 0 Å². The van der Waals surface area contributed by atoms with Gasteiger partial charge in [-0.1, -0.05) is 6.07 Å². The fraction of sp³-hybridized carbons (Fsp3) is 0.417. The van der Waals surface area contributed by atoms with Gasteiger partial charge in [-0.3, -0.25) is 14.7 Å². The number of morpholine rings is 1. The van der Waals surface area contributed by atoms with Gasteiger partial charge >= 0.3 is 11.9 Å². The number of aliphatic carboxylic acids is 1. The number of aromatic nitrogens is 1. The number of ether oxygens (including phenoxy) is 2. The molecule has 3 atom stereocenters. The quantitative estimate of drug-likeness (QED) is 0.561. The molecule has 36 heavy (non-hydrogen) atoms. The van der Waals surface area contributed by atoms with Crippen molar-refractivity contribution in [1.29, 1.82) is 0 Å². The first-order valence-electron chi connectivity index (χ1n) is 11.3. The Hall–Kier alpha value is -3.22. The van der Waals surface area contributed by atoms with E-state index in [1.807, 2.05) is 4.90 Å². The summed E-state index contributed by atoms with van der Waals surface area (Å²) in [7, 11) is 1.22. The number of esters is 1. The highest BCUT2D eigenvalue weighted by Crippen LogP contribution is 2.41. The van der Waals surface area contributed by atoms with Gasteiger partial charge < -0.3 is 19.9 Å². The summed E-state index contributed by atoms with van der Waals surface area (Å²) in [5, 5.41) is 15.6.